The van der Waals surface area contributed by atoms with Gasteiger partial charge in [0.05, 0.1) is 17.3 Å². The number of halogens is 2. The number of hydrogen-bond donors (Lipinski definition) is 1. The Bertz CT molecular complexity index is 897. The van der Waals surface area contributed by atoms with Crippen LogP contribution in [-0.2, 0) is 21.1 Å². The first-order chi connectivity index (χ1) is 12.3. The number of nitrogens with one attached hydrogen (secondary N) is 1. The van der Waals surface area contributed by atoms with Crippen molar-refractivity contribution in [2.45, 2.75) is 18.1 Å². The number of aromatic nitrogens is 2. The lowest BCUT2D eigenvalue weighted by Crippen LogP contribution is -2.16. The topological polar surface area (TPSA) is 102 Å². The number of thioether (sulfide) groups is 1. The van der Waals surface area contributed by atoms with Crippen molar-refractivity contribution < 1.29 is 26.4 Å². The number of para-hydroxylation sites is 1. The van der Waals surface area contributed by atoms with E-state index in [4.69, 9.17) is 4.42 Å². The lowest BCUT2D eigenvalue weighted by molar-refractivity contribution is -0.113. The van der Waals surface area contributed by atoms with Gasteiger partial charge in [0, 0.05) is 6.42 Å². The van der Waals surface area contributed by atoms with Crippen LogP contribution in [0.1, 0.15) is 12.3 Å². The maximum atomic E-state index is 13.5. The number of nitrogens with zero attached hydrogens (tertiary/aromatic N) is 2. The summed E-state index contributed by atoms with van der Waals surface area (Å²) in [5.74, 6) is -2.01. The van der Waals surface area contributed by atoms with Crippen molar-refractivity contribution in [3.8, 4) is 0 Å². The summed E-state index contributed by atoms with van der Waals surface area (Å²) >= 11 is 0.923. The zero-order chi connectivity index (χ0) is 18.7. The molecule has 26 heavy (non-hydrogen) atoms. The van der Waals surface area contributed by atoms with Gasteiger partial charge in [-0.15, -0.1) is 10.2 Å². The van der Waals surface area contributed by atoms with Crippen molar-refractivity contribution in [2.75, 3.05) is 22.6 Å². The number of amides is 1. The molecule has 140 valence electrons. The Labute approximate surface area is 152 Å². The lowest BCUT2D eigenvalue weighted by atomic mass is 10.1. The van der Waals surface area contributed by atoms with Crippen LogP contribution < -0.4 is 5.32 Å². The van der Waals surface area contributed by atoms with Gasteiger partial charge in [-0.3, -0.25) is 4.79 Å². The van der Waals surface area contributed by atoms with Crippen LogP contribution in [0.15, 0.2) is 27.8 Å². The molecule has 1 aliphatic heterocycles. The summed E-state index contributed by atoms with van der Waals surface area (Å²) in [5.41, 5.74) is -0.508. The summed E-state index contributed by atoms with van der Waals surface area (Å²) in [6.45, 7) is 0. The van der Waals surface area contributed by atoms with Crippen molar-refractivity contribution in [3.05, 3.63) is 35.7 Å². The molecule has 1 amide bonds. The standard InChI is InChI=1S/C15H15F2N3O4S2/c16-10-2-1-3-11(17)14(10)18-12(21)7-25-15-20-19-13(24-15)6-9-4-5-26(22,23)8-9/h1-3,9H,4-8H2,(H,18,21)/t9-/m1/s1. The first kappa shape index (κ1) is 18.8. The Morgan fingerprint density at radius 1 is 1.31 bits per heavy atom. The highest BCUT2D eigenvalue weighted by Crippen LogP contribution is 2.24. The molecule has 1 fully saturated rings. The Hall–Kier alpha value is -2.01. The molecule has 1 aromatic carbocycles. The number of benzene rings is 1. The maximum absolute atomic E-state index is 13.5. The molecule has 1 aliphatic rings. The molecule has 0 bridgehead atoms. The van der Waals surface area contributed by atoms with Gasteiger partial charge in [0.25, 0.3) is 5.22 Å². The molecule has 1 atom stereocenters. The third kappa shape index (κ3) is 4.79. The molecule has 11 heteroatoms. The zero-order valence-electron chi connectivity index (χ0n) is 13.4. The summed E-state index contributed by atoms with van der Waals surface area (Å²) < 4.78 is 55.2. The molecule has 1 N–H and O–H groups in total. The van der Waals surface area contributed by atoms with E-state index in [0.29, 0.717) is 18.7 Å². The van der Waals surface area contributed by atoms with E-state index in [1.54, 1.807) is 0 Å². The van der Waals surface area contributed by atoms with Crippen LogP contribution in [0.25, 0.3) is 0 Å². The van der Waals surface area contributed by atoms with E-state index < -0.39 is 33.1 Å². The number of hydrogen-bond acceptors (Lipinski definition) is 7. The summed E-state index contributed by atoms with van der Waals surface area (Å²) in [6, 6.07) is 3.28. The molecule has 0 radical (unpaired) electrons. The van der Waals surface area contributed by atoms with Crippen molar-refractivity contribution in [1.29, 1.82) is 0 Å². The highest BCUT2D eigenvalue weighted by Gasteiger charge is 2.29. The van der Waals surface area contributed by atoms with Crippen molar-refractivity contribution in [1.82, 2.24) is 10.2 Å². The van der Waals surface area contributed by atoms with Gasteiger partial charge in [0.15, 0.2) is 9.84 Å². The largest absolute Gasteiger partial charge is 0.416 e. The molecule has 1 aromatic heterocycles. The lowest BCUT2D eigenvalue weighted by Gasteiger charge is -2.06. The first-order valence-electron chi connectivity index (χ1n) is 7.72. The van der Waals surface area contributed by atoms with Crippen LogP contribution in [0, 0.1) is 17.6 Å². The van der Waals surface area contributed by atoms with Gasteiger partial charge in [0.2, 0.25) is 11.8 Å². The van der Waals surface area contributed by atoms with E-state index in [1.165, 1.54) is 6.07 Å². The fourth-order valence-corrected chi connectivity index (χ4v) is 5.02. The molecule has 0 unspecified atom stereocenters. The Morgan fingerprint density at radius 2 is 2.04 bits per heavy atom. The molecule has 7 nitrogen and oxygen atoms in total. The molecule has 0 aliphatic carbocycles. The van der Waals surface area contributed by atoms with Gasteiger partial charge in [-0.2, -0.15) is 0 Å². The molecule has 2 heterocycles. The summed E-state index contributed by atoms with van der Waals surface area (Å²) in [7, 11) is -2.98. The van der Waals surface area contributed by atoms with Gasteiger partial charge in [-0.05, 0) is 24.5 Å². The fourth-order valence-electron chi connectivity index (χ4n) is 2.58. The van der Waals surface area contributed by atoms with Crippen LogP contribution >= 0.6 is 11.8 Å². The number of carbonyl (C=O) groups is 1. The number of sulfone groups is 1. The van der Waals surface area contributed by atoms with E-state index in [0.717, 1.165) is 23.9 Å². The van der Waals surface area contributed by atoms with Gasteiger partial charge >= 0.3 is 0 Å². The van der Waals surface area contributed by atoms with Gasteiger partial charge < -0.3 is 9.73 Å². The summed E-state index contributed by atoms with van der Waals surface area (Å²) in [6.07, 6.45) is 0.920. The van der Waals surface area contributed by atoms with Crippen molar-refractivity contribution in [3.63, 3.8) is 0 Å². The van der Waals surface area contributed by atoms with Gasteiger partial charge in [0.1, 0.15) is 17.3 Å². The maximum Gasteiger partial charge on any atom is 0.277 e. The van der Waals surface area contributed by atoms with E-state index in [2.05, 4.69) is 15.5 Å². The molecule has 0 saturated carbocycles. The van der Waals surface area contributed by atoms with E-state index in [-0.39, 0.29) is 28.4 Å². The predicted octanol–water partition coefficient (Wildman–Crippen LogP) is 2.06. The Morgan fingerprint density at radius 3 is 2.69 bits per heavy atom. The van der Waals surface area contributed by atoms with Crippen LogP contribution in [0.4, 0.5) is 14.5 Å². The third-order valence-corrected chi connectivity index (χ3v) is 6.45. The van der Waals surface area contributed by atoms with Gasteiger partial charge in [-0.25, -0.2) is 17.2 Å². The minimum atomic E-state index is -2.98. The van der Waals surface area contributed by atoms with Crippen LogP contribution in [0.5, 0.6) is 0 Å². The molecule has 2 aromatic rings. The SMILES string of the molecule is O=C(CSc1nnc(C[C@H]2CCS(=O)(=O)C2)o1)Nc1c(F)cccc1F. The van der Waals surface area contributed by atoms with Gasteiger partial charge in [-0.1, -0.05) is 17.8 Å². The fraction of sp³-hybridized carbons (Fsp3) is 0.400. The molecular formula is C15H15F2N3O4S2. The predicted molar refractivity (Wildman–Crippen MR) is 90.5 cm³/mol. The number of carbonyl (C=O) groups excluding carboxylic acids is 1. The highest BCUT2D eigenvalue weighted by atomic mass is 32.2. The van der Waals surface area contributed by atoms with E-state index in [1.807, 2.05) is 0 Å². The number of rotatable bonds is 6. The molecule has 1 saturated heterocycles. The van der Waals surface area contributed by atoms with Crippen molar-refractivity contribution >= 4 is 33.2 Å². The number of anilines is 1. The Balaban J connectivity index is 1.51. The van der Waals surface area contributed by atoms with E-state index >= 15 is 0 Å². The summed E-state index contributed by atoms with van der Waals surface area (Å²) in [5, 5.41) is 9.90. The minimum absolute atomic E-state index is 0.0503. The van der Waals surface area contributed by atoms with Crippen molar-refractivity contribution in [2.24, 2.45) is 5.92 Å². The second-order valence-electron chi connectivity index (χ2n) is 5.87. The zero-order valence-corrected chi connectivity index (χ0v) is 15.1. The normalized spacial score (nSPS) is 18.8. The second-order valence-corrected chi connectivity index (χ2v) is 9.02. The molecule has 3 rings (SSSR count). The minimum Gasteiger partial charge on any atom is -0.416 e. The molecular weight excluding hydrogens is 388 g/mol. The second kappa shape index (κ2) is 7.70. The quantitative estimate of drug-likeness (QED) is 0.737. The van der Waals surface area contributed by atoms with E-state index in [9.17, 15) is 22.0 Å². The Kier molecular flexibility index (Phi) is 5.56. The monoisotopic (exact) mass is 403 g/mol. The van der Waals surface area contributed by atoms with Crippen LogP contribution in [0.3, 0.4) is 0 Å². The van der Waals surface area contributed by atoms with Crippen LogP contribution in [0.2, 0.25) is 0 Å². The smallest absolute Gasteiger partial charge is 0.277 e. The first-order valence-corrected chi connectivity index (χ1v) is 10.5. The average molecular weight is 403 g/mol. The molecule has 0 spiro atoms. The highest BCUT2D eigenvalue weighted by molar-refractivity contribution is 7.99. The van der Waals surface area contributed by atoms with Crippen LogP contribution in [-0.4, -0.2) is 41.8 Å². The summed E-state index contributed by atoms with van der Waals surface area (Å²) in [4.78, 5) is 11.8. The average Bonchev–Trinajstić information content (AvgIpc) is 3.15. The third-order valence-electron chi connectivity index (χ3n) is 3.79.